The number of aryl methyl sites for hydroxylation is 1. The quantitative estimate of drug-likeness (QED) is 0.679. The lowest BCUT2D eigenvalue weighted by Crippen LogP contribution is -2.14. The number of H-pyrrole nitrogens is 1. The number of allylic oxidation sites excluding steroid dienone is 1. The van der Waals surface area contributed by atoms with E-state index in [0.717, 1.165) is 17.7 Å². The van der Waals surface area contributed by atoms with Crippen molar-refractivity contribution in [3.63, 3.8) is 0 Å². The van der Waals surface area contributed by atoms with Crippen molar-refractivity contribution in [3.8, 4) is 0 Å². The summed E-state index contributed by atoms with van der Waals surface area (Å²) in [5.41, 5.74) is 1.55. The van der Waals surface area contributed by atoms with E-state index in [-0.39, 0.29) is 5.56 Å². The fourth-order valence-electron chi connectivity index (χ4n) is 1.01. The van der Waals surface area contributed by atoms with Crippen LogP contribution < -0.4 is 5.56 Å². The number of aromatic amines is 1. The summed E-state index contributed by atoms with van der Waals surface area (Å²) in [6.45, 7) is 5.55. The lowest BCUT2D eigenvalue weighted by atomic mass is 10.2. The molecule has 1 N–H and O–H groups in total. The Morgan fingerprint density at radius 1 is 1.75 bits per heavy atom. The SMILES string of the molecule is C=CCc1cc(CC)c(=O)[nH]n1. The van der Waals surface area contributed by atoms with Gasteiger partial charge in [0.05, 0.1) is 5.69 Å². The van der Waals surface area contributed by atoms with Gasteiger partial charge in [-0.05, 0) is 12.5 Å². The monoisotopic (exact) mass is 164 g/mol. The minimum absolute atomic E-state index is 0.0923. The van der Waals surface area contributed by atoms with E-state index < -0.39 is 0 Å². The van der Waals surface area contributed by atoms with E-state index in [1.165, 1.54) is 0 Å². The minimum atomic E-state index is -0.0923. The molecule has 0 saturated heterocycles. The van der Waals surface area contributed by atoms with Gasteiger partial charge in [0.15, 0.2) is 0 Å². The third kappa shape index (κ3) is 1.81. The molecule has 1 aromatic rings. The standard InChI is InChI=1S/C9H12N2O/c1-3-5-8-6-7(4-2)9(12)11-10-8/h3,6H,1,4-5H2,2H3,(H,11,12). The molecule has 0 aliphatic carbocycles. The maximum Gasteiger partial charge on any atom is 0.267 e. The molecule has 0 bridgehead atoms. The molecule has 0 radical (unpaired) electrons. The predicted molar refractivity (Wildman–Crippen MR) is 48.1 cm³/mol. The highest BCUT2D eigenvalue weighted by molar-refractivity contribution is 5.14. The molecule has 0 saturated carbocycles. The molecule has 0 atom stereocenters. The summed E-state index contributed by atoms with van der Waals surface area (Å²) in [6, 6.07) is 1.82. The van der Waals surface area contributed by atoms with E-state index in [2.05, 4.69) is 16.8 Å². The van der Waals surface area contributed by atoms with Crippen LogP contribution >= 0.6 is 0 Å². The fourth-order valence-corrected chi connectivity index (χ4v) is 1.01. The molecule has 12 heavy (non-hydrogen) atoms. The molecular formula is C9H12N2O. The lowest BCUT2D eigenvalue weighted by Gasteiger charge is -1.97. The van der Waals surface area contributed by atoms with Gasteiger partial charge in [-0.25, -0.2) is 5.10 Å². The van der Waals surface area contributed by atoms with Crippen molar-refractivity contribution in [2.24, 2.45) is 0 Å². The maximum absolute atomic E-state index is 11.1. The summed E-state index contributed by atoms with van der Waals surface area (Å²) in [7, 11) is 0. The van der Waals surface area contributed by atoms with Crippen LogP contribution in [0.1, 0.15) is 18.2 Å². The lowest BCUT2D eigenvalue weighted by molar-refractivity contribution is 0.885. The van der Waals surface area contributed by atoms with Crippen LogP contribution in [0.3, 0.4) is 0 Å². The van der Waals surface area contributed by atoms with Gasteiger partial charge >= 0.3 is 0 Å². The van der Waals surface area contributed by atoms with E-state index >= 15 is 0 Å². The van der Waals surface area contributed by atoms with Crippen molar-refractivity contribution in [3.05, 3.63) is 40.3 Å². The first-order chi connectivity index (χ1) is 5.77. The van der Waals surface area contributed by atoms with Crippen LogP contribution in [-0.4, -0.2) is 10.2 Å². The second-order valence-corrected chi connectivity index (χ2v) is 2.56. The Bertz CT molecular complexity index is 328. The van der Waals surface area contributed by atoms with Gasteiger partial charge in [-0.2, -0.15) is 5.10 Å². The summed E-state index contributed by atoms with van der Waals surface area (Å²) >= 11 is 0. The zero-order valence-electron chi connectivity index (χ0n) is 7.13. The average Bonchev–Trinajstić information content (AvgIpc) is 2.09. The first kappa shape index (κ1) is 8.71. The molecular weight excluding hydrogens is 152 g/mol. The second kappa shape index (κ2) is 3.85. The van der Waals surface area contributed by atoms with E-state index in [1.807, 2.05) is 13.0 Å². The summed E-state index contributed by atoms with van der Waals surface area (Å²) < 4.78 is 0. The van der Waals surface area contributed by atoms with Gasteiger partial charge < -0.3 is 0 Å². The van der Waals surface area contributed by atoms with Crippen molar-refractivity contribution in [1.82, 2.24) is 10.2 Å². The summed E-state index contributed by atoms with van der Waals surface area (Å²) in [5.74, 6) is 0. The van der Waals surface area contributed by atoms with Crippen molar-refractivity contribution in [2.75, 3.05) is 0 Å². The molecule has 0 unspecified atom stereocenters. The van der Waals surface area contributed by atoms with Gasteiger partial charge in [0.2, 0.25) is 0 Å². The molecule has 0 spiro atoms. The van der Waals surface area contributed by atoms with Crippen molar-refractivity contribution >= 4 is 0 Å². The number of hydrogen-bond acceptors (Lipinski definition) is 2. The van der Waals surface area contributed by atoms with E-state index in [0.29, 0.717) is 6.42 Å². The second-order valence-electron chi connectivity index (χ2n) is 2.56. The molecule has 0 aromatic carbocycles. The van der Waals surface area contributed by atoms with Crippen molar-refractivity contribution in [2.45, 2.75) is 19.8 Å². The Hall–Kier alpha value is -1.38. The number of nitrogens with zero attached hydrogens (tertiary/aromatic N) is 1. The minimum Gasteiger partial charge on any atom is -0.268 e. The largest absolute Gasteiger partial charge is 0.268 e. The van der Waals surface area contributed by atoms with E-state index in [1.54, 1.807) is 6.08 Å². The predicted octanol–water partition coefficient (Wildman–Crippen LogP) is 1.06. The topological polar surface area (TPSA) is 45.8 Å². The summed E-state index contributed by atoms with van der Waals surface area (Å²) in [5, 5.41) is 6.32. The van der Waals surface area contributed by atoms with E-state index in [9.17, 15) is 4.79 Å². The van der Waals surface area contributed by atoms with Crippen LogP contribution in [0.4, 0.5) is 0 Å². The van der Waals surface area contributed by atoms with Gasteiger partial charge in [-0.15, -0.1) is 6.58 Å². The number of aromatic nitrogens is 2. The first-order valence-corrected chi connectivity index (χ1v) is 3.96. The molecule has 0 amide bonds. The Morgan fingerprint density at radius 3 is 3.08 bits per heavy atom. The molecule has 1 heterocycles. The van der Waals surface area contributed by atoms with Crippen LogP contribution in [0.25, 0.3) is 0 Å². The summed E-state index contributed by atoms with van der Waals surface area (Å²) in [4.78, 5) is 11.1. The Kier molecular flexibility index (Phi) is 2.80. The van der Waals surface area contributed by atoms with Crippen LogP contribution in [0, 0.1) is 0 Å². The summed E-state index contributed by atoms with van der Waals surface area (Å²) in [6.07, 6.45) is 3.20. The molecule has 0 aliphatic heterocycles. The highest BCUT2D eigenvalue weighted by Crippen LogP contribution is 1.97. The van der Waals surface area contributed by atoms with Gasteiger partial charge in [0.1, 0.15) is 0 Å². The van der Waals surface area contributed by atoms with Crippen LogP contribution in [-0.2, 0) is 12.8 Å². The zero-order valence-corrected chi connectivity index (χ0v) is 7.13. The molecule has 1 rings (SSSR count). The van der Waals surface area contributed by atoms with Crippen LogP contribution in [0.5, 0.6) is 0 Å². The highest BCUT2D eigenvalue weighted by Gasteiger charge is 1.98. The third-order valence-corrected chi connectivity index (χ3v) is 1.67. The van der Waals surface area contributed by atoms with Gasteiger partial charge in [-0.3, -0.25) is 4.79 Å². The normalized spacial score (nSPS) is 9.75. The average molecular weight is 164 g/mol. The van der Waals surface area contributed by atoms with Gasteiger partial charge in [-0.1, -0.05) is 13.0 Å². The molecule has 3 heteroatoms. The molecule has 64 valence electrons. The molecule has 1 aromatic heterocycles. The highest BCUT2D eigenvalue weighted by atomic mass is 16.1. The fraction of sp³-hybridized carbons (Fsp3) is 0.333. The number of rotatable bonds is 3. The van der Waals surface area contributed by atoms with Crippen molar-refractivity contribution < 1.29 is 0 Å². The first-order valence-electron chi connectivity index (χ1n) is 3.96. The smallest absolute Gasteiger partial charge is 0.267 e. The Labute approximate surface area is 71.1 Å². The number of nitrogens with one attached hydrogen (secondary N) is 1. The molecule has 3 nitrogen and oxygen atoms in total. The number of hydrogen-bond donors (Lipinski definition) is 1. The van der Waals surface area contributed by atoms with Crippen molar-refractivity contribution in [1.29, 1.82) is 0 Å². The maximum atomic E-state index is 11.1. The zero-order chi connectivity index (χ0) is 8.97. The van der Waals surface area contributed by atoms with Gasteiger partial charge in [0, 0.05) is 12.0 Å². The Balaban J connectivity index is 3.04. The van der Waals surface area contributed by atoms with Crippen LogP contribution in [0.15, 0.2) is 23.5 Å². The van der Waals surface area contributed by atoms with E-state index in [4.69, 9.17) is 0 Å². The molecule has 0 aliphatic rings. The third-order valence-electron chi connectivity index (χ3n) is 1.67. The van der Waals surface area contributed by atoms with Crippen LogP contribution in [0.2, 0.25) is 0 Å². The molecule has 0 fully saturated rings. The Morgan fingerprint density at radius 2 is 2.50 bits per heavy atom. The van der Waals surface area contributed by atoms with Gasteiger partial charge in [0.25, 0.3) is 5.56 Å².